The van der Waals surface area contributed by atoms with E-state index in [1.54, 1.807) is 0 Å². The van der Waals surface area contributed by atoms with Gasteiger partial charge in [-0.15, -0.1) is 0 Å². The Balaban J connectivity index is 1.39. The Labute approximate surface area is 132 Å². The normalized spacial score (nSPS) is 27.4. The standard InChI is InChI=1S/C18H24N2O2/c21-18-13-16(12-14-2-1-3-17(14)18)20-8-6-19(7-9-20)15-4-10-22-11-5-15/h1-2,12,15H,3-11,13H2. The van der Waals surface area contributed by atoms with E-state index in [-0.39, 0.29) is 0 Å². The van der Waals surface area contributed by atoms with Crippen molar-refractivity contribution in [3.05, 3.63) is 35.1 Å². The van der Waals surface area contributed by atoms with Crippen molar-refractivity contribution in [2.45, 2.75) is 31.7 Å². The molecule has 0 aromatic heterocycles. The van der Waals surface area contributed by atoms with Crippen molar-refractivity contribution in [3.8, 4) is 0 Å². The lowest BCUT2D eigenvalue weighted by Crippen LogP contribution is -2.51. The van der Waals surface area contributed by atoms with Gasteiger partial charge in [0.05, 0.1) is 6.42 Å². The molecule has 4 aliphatic rings. The average molecular weight is 300 g/mol. The van der Waals surface area contributed by atoms with E-state index in [1.807, 2.05) is 0 Å². The van der Waals surface area contributed by atoms with Crippen molar-refractivity contribution >= 4 is 5.78 Å². The van der Waals surface area contributed by atoms with E-state index in [0.717, 1.165) is 57.0 Å². The molecular weight excluding hydrogens is 276 g/mol. The quantitative estimate of drug-likeness (QED) is 0.780. The maximum atomic E-state index is 12.3. The number of piperazine rings is 1. The predicted octanol–water partition coefficient (Wildman–Crippen LogP) is 1.90. The van der Waals surface area contributed by atoms with Crippen molar-refractivity contribution in [1.29, 1.82) is 0 Å². The van der Waals surface area contributed by atoms with Crippen LogP contribution in [0.4, 0.5) is 0 Å². The highest BCUT2D eigenvalue weighted by Crippen LogP contribution is 2.31. The Bertz CT molecular complexity index is 547. The summed E-state index contributed by atoms with van der Waals surface area (Å²) in [5.74, 6) is 0.323. The number of rotatable bonds is 2. The molecule has 0 aromatic rings. The number of carbonyl (C=O) groups is 1. The van der Waals surface area contributed by atoms with Gasteiger partial charge in [0.15, 0.2) is 5.78 Å². The smallest absolute Gasteiger partial charge is 0.165 e. The van der Waals surface area contributed by atoms with Crippen LogP contribution in [0.25, 0.3) is 0 Å². The van der Waals surface area contributed by atoms with Gasteiger partial charge in [-0.25, -0.2) is 0 Å². The molecule has 0 radical (unpaired) electrons. The molecular formula is C18H24N2O2. The van der Waals surface area contributed by atoms with Crippen molar-refractivity contribution in [1.82, 2.24) is 9.80 Å². The van der Waals surface area contributed by atoms with Crippen molar-refractivity contribution < 1.29 is 9.53 Å². The maximum absolute atomic E-state index is 12.3. The molecule has 0 spiro atoms. The first-order chi connectivity index (χ1) is 10.8. The minimum Gasteiger partial charge on any atom is -0.381 e. The summed E-state index contributed by atoms with van der Waals surface area (Å²) in [7, 11) is 0. The van der Waals surface area contributed by atoms with E-state index in [0.29, 0.717) is 18.2 Å². The van der Waals surface area contributed by atoms with E-state index in [2.05, 4.69) is 28.0 Å². The van der Waals surface area contributed by atoms with Crippen LogP contribution in [0.3, 0.4) is 0 Å². The van der Waals surface area contributed by atoms with Gasteiger partial charge in [-0.05, 0) is 30.9 Å². The second kappa shape index (κ2) is 6.01. The molecule has 4 heteroatoms. The molecule has 0 bridgehead atoms. The molecule has 0 atom stereocenters. The van der Waals surface area contributed by atoms with Gasteiger partial charge < -0.3 is 9.64 Å². The van der Waals surface area contributed by atoms with Gasteiger partial charge in [-0.3, -0.25) is 9.69 Å². The van der Waals surface area contributed by atoms with Gasteiger partial charge in [0, 0.05) is 56.7 Å². The molecule has 0 saturated carbocycles. The van der Waals surface area contributed by atoms with Gasteiger partial charge in [0.1, 0.15) is 0 Å². The summed E-state index contributed by atoms with van der Waals surface area (Å²) < 4.78 is 5.46. The second-order valence-electron chi connectivity index (χ2n) is 6.64. The Hall–Kier alpha value is -1.39. The lowest BCUT2D eigenvalue weighted by Gasteiger charge is -2.42. The van der Waals surface area contributed by atoms with E-state index in [4.69, 9.17) is 4.74 Å². The van der Waals surface area contributed by atoms with Gasteiger partial charge in [0.25, 0.3) is 0 Å². The zero-order valence-electron chi connectivity index (χ0n) is 13.1. The summed E-state index contributed by atoms with van der Waals surface area (Å²) in [5.41, 5.74) is 3.39. The SMILES string of the molecule is O=C1CC(N2CCN(C3CCOCC3)CC2)=CC2=C1CC=C2. The molecule has 2 heterocycles. The van der Waals surface area contributed by atoms with Gasteiger partial charge in [-0.2, -0.15) is 0 Å². The van der Waals surface area contributed by atoms with Crippen LogP contribution in [0, 0.1) is 0 Å². The molecule has 4 nitrogen and oxygen atoms in total. The fourth-order valence-electron chi connectivity index (χ4n) is 4.06. The summed E-state index contributed by atoms with van der Waals surface area (Å²) in [6.07, 6.45) is 10.2. The third kappa shape index (κ3) is 2.66. The molecule has 118 valence electrons. The minimum absolute atomic E-state index is 0.323. The molecule has 2 saturated heterocycles. The topological polar surface area (TPSA) is 32.8 Å². The zero-order valence-corrected chi connectivity index (χ0v) is 13.1. The highest BCUT2D eigenvalue weighted by Gasteiger charge is 2.29. The number of hydrogen-bond acceptors (Lipinski definition) is 4. The first-order valence-corrected chi connectivity index (χ1v) is 8.51. The third-order valence-electron chi connectivity index (χ3n) is 5.40. The van der Waals surface area contributed by atoms with Crippen LogP contribution in [-0.4, -0.2) is 61.0 Å². The average Bonchev–Trinajstić information content (AvgIpc) is 3.05. The van der Waals surface area contributed by atoms with Crippen LogP contribution in [0.1, 0.15) is 25.7 Å². The fraction of sp³-hybridized carbons (Fsp3) is 0.611. The first kappa shape index (κ1) is 14.2. The summed E-state index contributed by atoms with van der Waals surface area (Å²) in [5, 5.41) is 0. The summed E-state index contributed by atoms with van der Waals surface area (Å²) in [6, 6.07) is 0.699. The number of allylic oxidation sites excluding steroid dienone is 6. The number of ketones is 1. The number of carbonyl (C=O) groups excluding carboxylic acids is 1. The number of Topliss-reactive ketones (excluding diaryl/α,β-unsaturated/α-hetero) is 1. The highest BCUT2D eigenvalue weighted by molar-refractivity contribution is 6.01. The lowest BCUT2D eigenvalue weighted by molar-refractivity contribution is -0.115. The molecule has 0 unspecified atom stereocenters. The number of nitrogens with zero attached hydrogens (tertiary/aromatic N) is 2. The van der Waals surface area contributed by atoms with E-state index in [9.17, 15) is 4.79 Å². The van der Waals surface area contributed by atoms with Crippen LogP contribution in [0.2, 0.25) is 0 Å². The van der Waals surface area contributed by atoms with E-state index in [1.165, 1.54) is 18.5 Å². The monoisotopic (exact) mass is 300 g/mol. The molecule has 2 aliphatic heterocycles. The minimum atomic E-state index is 0.323. The van der Waals surface area contributed by atoms with Gasteiger partial charge in [0.2, 0.25) is 0 Å². The Morgan fingerprint density at radius 3 is 2.64 bits per heavy atom. The number of ether oxygens (including phenoxy) is 1. The van der Waals surface area contributed by atoms with Crippen molar-refractivity contribution in [3.63, 3.8) is 0 Å². The molecule has 2 aliphatic carbocycles. The predicted molar refractivity (Wildman–Crippen MR) is 85.5 cm³/mol. The number of hydrogen-bond donors (Lipinski definition) is 0. The lowest BCUT2D eigenvalue weighted by atomic mass is 9.95. The molecule has 0 N–H and O–H groups in total. The Morgan fingerprint density at radius 2 is 1.86 bits per heavy atom. The highest BCUT2D eigenvalue weighted by atomic mass is 16.5. The van der Waals surface area contributed by atoms with Gasteiger partial charge >= 0.3 is 0 Å². The van der Waals surface area contributed by atoms with Crippen LogP contribution in [0.15, 0.2) is 35.1 Å². The zero-order chi connectivity index (χ0) is 14.9. The van der Waals surface area contributed by atoms with Crippen molar-refractivity contribution in [2.24, 2.45) is 0 Å². The Kier molecular flexibility index (Phi) is 3.89. The van der Waals surface area contributed by atoms with Crippen LogP contribution < -0.4 is 0 Å². The summed E-state index contributed by atoms with van der Waals surface area (Å²) in [6.45, 7) is 6.13. The summed E-state index contributed by atoms with van der Waals surface area (Å²) in [4.78, 5) is 17.3. The molecule has 2 fully saturated rings. The maximum Gasteiger partial charge on any atom is 0.165 e. The largest absolute Gasteiger partial charge is 0.381 e. The van der Waals surface area contributed by atoms with E-state index < -0.39 is 0 Å². The Morgan fingerprint density at radius 1 is 1.09 bits per heavy atom. The first-order valence-electron chi connectivity index (χ1n) is 8.51. The molecule has 0 amide bonds. The molecule has 4 rings (SSSR count). The van der Waals surface area contributed by atoms with Crippen molar-refractivity contribution in [2.75, 3.05) is 39.4 Å². The van der Waals surface area contributed by atoms with Crippen LogP contribution in [0.5, 0.6) is 0 Å². The molecule has 0 aromatic carbocycles. The second-order valence-corrected chi connectivity index (χ2v) is 6.64. The fourth-order valence-corrected chi connectivity index (χ4v) is 4.06. The van der Waals surface area contributed by atoms with Crippen LogP contribution >= 0.6 is 0 Å². The van der Waals surface area contributed by atoms with Crippen LogP contribution in [-0.2, 0) is 9.53 Å². The third-order valence-corrected chi connectivity index (χ3v) is 5.40. The van der Waals surface area contributed by atoms with Gasteiger partial charge in [-0.1, -0.05) is 12.2 Å². The summed E-state index contributed by atoms with van der Waals surface area (Å²) >= 11 is 0. The molecule has 22 heavy (non-hydrogen) atoms. The van der Waals surface area contributed by atoms with E-state index >= 15 is 0 Å².